The molecule has 0 saturated carbocycles. The number of aromatic nitrogens is 3. The fourth-order valence-corrected chi connectivity index (χ4v) is 1.46. The van der Waals surface area contributed by atoms with E-state index < -0.39 is 0 Å². The van der Waals surface area contributed by atoms with Gasteiger partial charge in [0.2, 0.25) is 0 Å². The van der Waals surface area contributed by atoms with Crippen molar-refractivity contribution in [2.45, 2.75) is 13.3 Å². The van der Waals surface area contributed by atoms with Crippen LogP contribution in [0.15, 0.2) is 30.6 Å². The molecule has 2 rings (SSSR count). The minimum atomic E-state index is 0.0474. The molecule has 0 atom stereocenters. The number of carbonyl (C=O) groups is 1. The van der Waals surface area contributed by atoms with Crippen molar-refractivity contribution < 1.29 is 4.79 Å². The third-order valence-electron chi connectivity index (χ3n) is 2.34. The smallest absolute Gasteiger partial charge is 0.170 e. The second-order valence-electron chi connectivity index (χ2n) is 3.77. The third-order valence-corrected chi connectivity index (χ3v) is 2.34. The van der Waals surface area contributed by atoms with E-state index in [4.69, 9.17) is 0 Å². The summed E-state index contributed by atoms with van der Waals surface area (Å²) in [5.74, 6) is 0.0474. The van der Waals surface area contributed by atoms with Gasteiger partial charge < -0.3 is 0 Å². The van der Waals surface area contributed by atoms with E-state index >= 15 is 0 Å². The van der Waals surface area contributed by atoms with Crippen molar-refractivity contribution in [2.24, 2.45) is 7.05 Å². The van der Waals surface area contributed by atoms with Gasteiger partial charge >= 0.3 is 0 Å². The highest BCUT2D eigenvalue weighted by molar-refractivity contribution is 5.96. The van der Waals surface area contributed by atoms with E-state index in [-0.39, 0.29) is 5.78 Å². The third kappa shape index (κ3) is 2.34. The highest BCUT2D eigenvalue weighted by atomic mass is 16.1. The molecule has 0 aliphatic heterocycles. The Morgan fingerprint density at radius 1 is 1.38 bits per heavy atom. The van der Waals surface area contributed by atoms with Gasteiger partial charge in [0.1, 0.15) is 0 Å². The van der Waals surface area contributed by atoms with Crippen LogP contribution in [-0.4, -0.2) is 20.5 Å². The van der Waals surface area contributed by atoms with Crippen molar-refractivity contribution in [3.05, 3.63) is 47.5 Å². The molecule has 0 unspecified atom stereocenters. The average Bonchev–Trinajstić information content (AvgIpc) is 2.65. The number of hydrogen-bond donors (Lipinski definition) is 0. The standard InChI is InChI=1S/C12H13N3O/c1-9-3-4-10(8-13-9)12(16)7-11-5-6-15(2)14-11/h3-6,8H,7H2,1-2H3. The molecule has 0 N–H and O–H groups in total. The number of aryl methyl sites for hydroxylation is 2. The van der Waals surface area contributed by atoms with Crippen LogP contribution >= 0.6 is 0 Å². The van der Waals surface area contributed by atoms with Gasteiger partial charge in [0.25, 0.3) is 0 Å². The molecule has 0 amide bonds. The van der Waals surface area contributed by atoms with Crippen molar-refractivity contribution in [3.63, 3.8) is 0 Å². The van der Waals surface area contributed by atoms with Crippen molar-refractivity contribution in [3.8, 4) is 0 Å². The van der Waals surface area contributed by atoms with Crippen LogP contribution < -0.4 is 0 Å². The largest absolute Gasteiger partial charge is 0.294 e. The van der Waals surface area contributed by atoms with E-state index in [1.54, 1.807) is 16.9 Å². The van der Waals surface area contributed by atoms with Gasteiger partial charge in [0, 0.05) is 30.7 Å². The van der Waals surface area contributed by atoms with Gasteiger partial charge in [-0.15, -0.1) is 0 Å². The molecule has 82 valence electrons. The molecule has 2 aromatic rings. The van der Waals surface area contributed by atoms with E-state index in [1.807, 2.05) is 32.3 Å². The van der Waals surface area contributed by atoms with Crippen molar-refractivity contribution in [1.82, 2.24) is 14.8 Å². The predicted octanol–water partition coefficient (Wildman–Crippen LogP) is 1.55. The topological polar surface area (TPSA) is 47.8 Å². The summed E-state index contributed by atoms with van der Waals surface area (Å²) in [6, 6.07) is 5.48. The molecule has 0 saturated heterocycles. The van der Waals surface area contributed by atoms with Gasteiger partial charge in [-0.2, -0.15) is 5.10 Å². The Kier molecular flexibility index (Phi) is 2.81. The summed E-state index contributed by atoms with van der Waals surface area (Å²) in [4.78, 5) is 15.9. The van der Waals surface area contributed by atoms with Crippen molar-refractivity contribution >= 4 is 5.78 Å². The lowest BCUT2D eigenvalue weighted by atomic mass is 10.1. The van der Waals surface area contributed by atoms with Gasteiger partial charge in [0.05, 0.1) is 12.1 Å². The lowest BCUT2D eigenvalue weighted by Gasteiger charge is -1.98. The summed E-state index contributed by atoms with van der Waals surface area (Å²) in [7, 11) is 1.83. The first kappa shape index (κ1) is 10.5. The number of Topliss-reactive ketones (excluding diaryl/α,β-unsaturated/α-hetero) is 1. The highest BCUT2D eigenvalue weighted by Gasteiger charge is 2.08. The van der Waals surface area contributed by atoms with Crippen LogP contribution in [0.1, 0.15) is 21.7 Å². The molecule has 0 radical (unpaired) electrons. The van der Waals surface area contributed by atoms with Gasteiger partial charge in [-0.3, -0.25) is 14.5 Å². The number of pyridine rings is 1. The lowest BCUT2D eigenvalue weighted by molar-refractivity contribution is 0.0991. The number of ketones is 1. The molecular weight excluding hydrogens is 202 g/mol. The summed E-state index contributed by atoms with van der Waals surface area (Å²) in [5, 5.41) is 4.17. The molecule has 0 aliphatic carbocycles. The van der Waals surface area contributed by atoms with Crippen LogP contribution in [0.5, 0.6) is 0 Å². The van der Waals surface area contributed by atoms with E-state index in [0.29, 0.717) is 12.0 Å². The molecule has 4 heteroatoms. The molecule has 0 aromatic carbocycles. The molecule has 2 heterocycles. The molecule has 16 heavy (non-hydrogen) atoms. The second-order valence-corrected chi connectivity index (χ2v) is 3.77. The van der Waals surface area contributed by atoms with Crippen LogP contribution in [0.25, 0.3) is 0 Å². The minimum absolute atomic E-state index is 0.0474. The molecule has 0 fully saturated rings. The molecule has 0 aliphatic rings. The first-order valence-corrected chi connectivity index (χ1v) is 5.09. The quantitative estimate of drug-likeness (QED) is 0.730. The fraction of sp³-hybridized carbons (Fsp3) is 0.250. The fourth-order valence-electron chi connectivity index (χ4n) is 1.46. The lowest BCUT2D eigenvalue weighted by Crippen LogP contribution is -2.05. The normalized spacial score (nSPS) is 10.4. The van der Waals surface area contributed by atoms with E-state index in [1.165, 1.54) is 0 Å². The van der Waals surface area contributed by atoms with Crippen LogP contribution in [0.3, 0.4) is 0 Å². The Labute approximate surface area is 93.9 Å². The van der Waals surface area contributed by atoms with Gasteiger partial charge in [-0.1, -0.05) is 0 Å². The number of hydrogen-bond acceptors (Lipinski definition) is 3. The van der Waals surface area contributed by atoms with Crippen molar-refractivity contribution in [2.75, 3.05) is 0 Å². The van der Waals surface area contributed by atoms with Crippen LogP contribution in [0, 0.1) is 6.92 Å². The van der Waals surface area contributed by atoms with E-state index in [2.05, 4.69) is 10.1 Å². The van der Waals surface area contributed by atoms with Crippen LogP contribution in [0.4, 0.5) is 0 Å². The summed E-state index contributed by atoms with van der Waals surface area (Å²) in [6.45, 7) is 1.90. The molecular formula is C12H13N3O. The Balaban J connectivity index is 2.11. The maximum absolute atomic E-state index is 11.8. The van der Waals surface area contributed by atoms with Crippen molar-refractivity contribution in [1.29, 1.82) is 0 Å². The molecule has 0 spiro atoms. The Morgan fingerprint density at radius 2 is 2.19 bits per heavy atom. The van der Waals surface area contributed by atoms with Gasteiger partial charge in [-0.05, 0) is 25.1 Å². The zero-order valence-electron chi connectivity index (χ0n) is 9.34. The zero-order chi connectivity index (χ0) is 11.5. The first-order chi connectivity index (χ1) is 7.65. The average molecular weight is 215 g/mol. The van der Waals surface area contributed by atoms with Gasteiger partial charge in [-0.25, -0.2) is 0 Å². The number of rotatable bonds is 3. The second kappa shape index (κ2) is 4.26. The Bertz CT molecular complexity index is 499. The van der Waals surface area contributed by atoms with Crippen LogP contribution in [0.2, 0.25) is 0 Å². The minimum Gasteiger partial charge on any atom is -0.294 e. The Morgan fingerprint density at radius 3 is 2.75 bits per heavy atom. The maximum Gasteiger partial charge on any atom is 0.170 e. The molecule has 2 aromatic heterocycles. The summed E-state index contributed by atoms with van der Waals surface area (Å²) in [5.41, 5.74) is 2.33. The highest BCUT2D eigenvalue weighted by Crippen LogP contribution is 2.05. The SMILES string of the molecule is Cc1ccc(C(=O)Cc2ccn(C)n2)cn1. The maximum atomic E-state index is 11.8. The summed E-state index contributed by atoms with van der Waals surface area (Å²) < 4.78 is 1.69. The van der Waals surface area contributed by atoms with Gasteiger partial charge in [0.15, 0.2) is 5.78 Å². The Hall–Kier alpha value is -1.97. The monoisotopic (exact) mass is 215 g/mol. The van der Waals surface area contributed by atoms with E-state index in [0.717, 1.165) is 11.4 Å². The summed E-state index contributed by atoms with van der Waals surface area (Å²) in [6.07, 6.45) is 3.77. The zero-order valence-corrected chi connectivity index (χ0v) is 9.34. The molecule has 4 nitrogen and oxygen atoms in total. The first-order valence-electron chi connectivity index (χ1n) is 5.09. The van der Waals surface area contributed by atoms with E-state index in [9.17, 15) is 4.79 Å². The molecule has 0 bridgehead atoms. The number of carbonyl (C=O) groups excluding carboxylic acids is 1. The number of nitrogens with zero attached hydrogens (tertiary/aromatic N) is 3. The van der Waals surface area contributed by atoms with Crippen LogP contribution in [-0.2, 0) is 13.5 Å². The summed E-state index contributed by atoms with van der Waals surface area (Å²) >= 11 is 0. The predicted molar refractivity (Wildman–Crippen MR) is 60.2 cm³/mol.